The molecule has 66 valence electrons. The van der Waals surface area contributed by atoms with Gasteiger partial charge in [0.15, 0.2) is 6.54 Å². The number of hydrogen-bond donors (Lipinski definition) is 0. The van der Waals surface area contributed by atoms with Crippen LogP contribution in [0.2, 0.25) is 0 Å². The van der Waals surface area contributed by atoms with E-state index in [0.29, 0.717) is 0 Å². The number of fused-ring (bicyclic) bond motifs is 3. The van der Waals surface area contributed by atoms with Crippen LogP contribution >= 0.6 is 0 Å². The lowest BCUT2D eigenvalue weighted by atomic mass is 10.2. The second-order valence-corrected chi connectivity index (χ2v) is 3.70. The van der Waals surface area contributed by atoms with E-state index in [1.165, 1.54) is 36.1 Å². The standard InChI is InChI=1S/C11H13N2/c1-9-10-5-2-3-6-11(10)13-8-4-7-12(9)13/h2-3,5-6H,4,7-8H2,1H3/q+1. The molecule has 1 aliphatic heterocycles. The Balaban J connectivity index is 2.49. The van der Waals surface area contributed by atoms with Crippen LogP contribution in [0.15, 0.2) is 24.3 Å². The molecule has 0 fully saturated rings. The van der Waals surface area contributed by atoms with Gasteiger partial charge in [0.25, 0.3) is 0 Å². The van der Waals surface area contributed by atoms with Crippen LogP contribution in [-0.2, 0) is 13.1 Å². The molecule has 0 aliphatic carbocycles. The minimum Gasteiger partial charge on any atom is -0.157 e. The lowest BCUT2D eigenvalue weighted by molar-refractivity contribution is -0.735. The Morgan fingerprint density at radius 3 is 3.08 bits per heavy atom. The first-order valence-corrected chi connectivity index (χ1v) is 4.86. The summed E-state index contributed by atoms with van der Waals surface area (Å²) < 4.78 is 4.79. The Morgan fingerprint density at radius 1 is 1.31 bits per heavy atom. The summed E-state index contributed by atoms with van der Waals surface area (Å²) in [5.41, 5.74) is 2.80. The minimum absolute atomic E-state index is 1.17. The SMILES string of the molecule is Cc1c2ccccc2[n+]2n1CCC2. The fourth-order valence-electron chi connectivity index (χ4n) is 2.35. The maximum Gasteiger partial charge on any atom is 0.238 e. The van der Waals surface area contributed by atoms with Crippen LogP contribution in [0, 0.1) is 6.92 Å². The number of hydrogen-bond acceptors (Lipinski definition) is 0. The summed E-state index contributed by atoms with van der Waals surface area (Å²) in [6.45, 7) is 4.57. The van der Waals surface area contributed by atoms with Gasteiger partial charge in [-0.1, -0.05) is 12.1 Å². The van der Waals surface area contributed by atoms with Crippen molar-refractivity contribution in [2.24, 2.45) is 0 Å². The predicted octanol–water partition coefficient (Wildman–Crippen LogP) is 1.64. The molecule has 0 unspecified atom stereocenters. The predicted molar refractivity (Wildman–Crippen MR) is 51.5 cm³/mol. The molecule has 2 aromatic rings. The van der Waals surface area contributed by atoms with E-state index in [-0.39, 0.29) is 0 Å². The molecule has 0 N–H and O–H groups in total. The first kappa shape index (κ1) is 7.13. The summed E-state index contributed by atoms with van der Waals surface area (Å²) in [5, 5.41) is 1.40. The van der Waals surface area contributed by atoms with Gasteiger partial charge in [-0.2, -0.15) is 4.68 Å². The molecule has 0 amide bonds. The molecule has 1 aromatic heterocycles. The zero-order chi connectivity index (χ0) is 8.84. The molecule has 0 radical (unpaired) electrons. The molecule has 2 heterocycles. The molecular formula is C11H13N2+. The normalized spacial score (nSPS) is 15.2. The van der Waals surface area contributed by atoms with Crippen LogP contribution in [0.4, 0.5) is 0 Å². The lowest BCUT2D eigenvalue weighted by Gasteiger charge is -1.90. The summed E-state index contributed by atoms with van der Waals surface area (Å²) in [5.74, 6) is 0. The van der Waals surface area contributed by atoms with Gasteiger partial charge in [-0.05, 0) is 13.0 Å². The number of nitrogens with zero attached hydrogens (tertiary/aromatic N) is 2. The molecule has 1 aromatic carbocycles. The van der Waals surface area contributed by atoms with Crippen LogP contribution < -0.4 is 4.68 Å². The van der Waals surface area contributed by atoms with E-state index in [9.17, 15) is 0 Å². The summed E-state index contributed by atoms with van der Waals surface area (Å²) in [7, 11) is 0. The van der Waals surface area contributed by atoms with Gasteiger partial charge >= 0.3 is 0 Å². The maximum absolute atomic E-state index is 2.39. The Labute approximate surface area is 77.4 Å². The Morgan fingerprint density at radius 2 is 2.15 bits per heavy atom. The van der Waals surface area contributed by atoms with E-state index < -0.39 is 0 Å². The van der Waals surface area contributed by atoms with Crippen molar-refractivity contribution in [3.8, 4) is 0 Å². The Hall–Kier alpha value is -1.31. The highest BCUT2D eigenvalue weighted by atomic mass is 15.4. The van der Waals surface area contributed by atoms with Crippen molar-refractivity contribution in [2.45, 2.75) is 26.4 Å². The second kappa shape index (κ2) is 2.34. The zero-order valence-electron chi connectivity index (χ0n) is 7.83. The van der Waals surface area contributed by atoms with E-state index in [4.69, 9.17) is 0 Å². The highest BCUT2D eigenvalue weighted by Crippen LogP contribution is 2.18. The van der Waals surface area contributed by atoms with E-state index in [2.05, 4.69) is 40.6 Å². The Bertz CT molecular complexity index is 468. The van der Waals surface area contributed by atoms with Gasteiger partial charge in [0.2, 0.25) is 5.52 Å². The topological polar surface area (TPSA) is 8.81 Å². The molecule has 0 atom stereocenters. The number of aryl methyl sites for hydroxylation is 2. The summed E-state index contributed by atoms with van der Waals surface area (Å²) in [6, 6.07) is 8.66. The second-order valence-electron chi connectivity index (χ2n) is 3.70. The van der Waals surface area contributed by atoms with Crippen LogP contribution in [0.25, 0.3) is 10.9 Å². The number of benzene rings is 1. The van der Waals surface area contributed by atoms with Crippen molar-refractivity contribution in [3.05, 3.63) is 30.0 Å². The van der Waals surface area contributed by atoms with Crippen LogP contribution in [0.3, 0.4) is 0 Å². The zero-order valence-corrected chi connectivity index (χ0v) is 7.83. The molecule has 2 heteroatoms. The molecule has 0 spiro atoms. The third kappa shape index (κ3) is 0.804. The van der Waals surface area contributed by atoms with Gasteiger partial charge in [0.1, 0.15) is 0 Å². The van der Waals surface area contributed by atoms with E-state index in [1.807, 2.05) is 0 Å². The third-order valence-corrected chi connectivity index (χ3v) is 2.99. The third-order valence-electron chi connectivity index (χ3n) is 2.99. The largest absolute Gasteiger partial charge is 0.238 e. The molecule has 0 bridgehead atoms. The van der Waals surface area contributed by atoms with Crippen molar-refractivity contribution in [1.29, 1.82) is 0 Å². The average molecular weight is 173 g/mol. The van der Waals surface area contributed by atoms with Crippen LogP contribution in [0.1, 0.15) is 12.1 Å². The van der Waals surface area contributed by atoms with Gasteiger partial charge < -0.3 is 0 Å². The summed E-state index contributed by atoms with van der Waals surface area (Å²) in [4.78, 5) is 0. The summed E-state index contributed by atoms with van der Waals surface area (Å²) >= 11 is 0. The van der Waals surface area contributed by atoms with Crippen molar-refractivity contribution in [2.75, 3.05) is 0 Å². The molecule has 0 saturated heterocycles. The molecule has 2 nitrogen and oxygen atoms in total. The molecular weight excluding hydrogens is 160 g/mol. The first-order chi connectivity index (χ1) is 6.38. The highest BCUT2D eigenvalue weighted by Gasteiger charge is 2.25. The molecule has 1 aliphatic rings. The van der Waals surface area contributed by atoms with Gasteiger partial charge in [0, 0.05) is 12.5 Å². The van der Waals surface area contributed by atoms with E-state index >= 15 is 0 Å². The smallest absolute Gasteiger partial charge is 0.157 e. The maximum atomic E-state index is 2.39. The quantitative estimate of drug-likeness (QED) is 0.535. The van der Waals surface area contributed by atoms with Crippen LogP contribution in [0.5, 0.6) is 0 Å². The van der Waals surface area contributed by atoms with Crippen molar-refractivity contribution < 1.29 is 4.68 Å². The van der Waals surface area contributed by atoms with Gasteiger partial charge in [-0.3, -0.25) is 0 Å². The first-order valence-electron chi connectivity index (χ1n) is 4.86. The van der Waals surface area contributed by atoms with E-state index in [0.717, 1.165) is 0 Å². The highest BCUT2D eigenvalue weighted by molar-refractivity contribution is 5.78. The van der Waals surface area contributed by atoms with Crippen molar-refractivity contribution in [3.63, 3.8) is 0 Å². The van der Waals surface area contributed by atoms with Crippen LogP contribution in [-0.4, -0.2) is 4.68 Å². The monoisotopic (exact) mass is 173 g/mol. The minimum atomic E-state index is 1.17. The van der Waals surface area contributed by atoms with Gasteiger partial charge in [0.05, 0.1) is 17.6 Å². The Kier molecular flexibility index (Phi) is 1.29. The van der Waals surface area contributed by atoms with Crippen molar-refractivity contribution in [1.82, 2.24) is 4.68 Å². The lowest BCUT2D eigenvalue weighted by Crippen LogP contribution is -2.37. The fraction of sp³-hybridized carbons (Fsp3) is 0.364. The summed E-state index contributed by atoms with van der Waals surface area (Å²) in [6.07, 6.45) is 1.28. The van der Waals surface area contributed by atoms with E-state index in [1.54, 1.807) is 0 Å². The number of rotatable bonds is 0. The fourth-order valence-corrected chi connectivity index (χ4v) is 2.35. The molecule has 0 saturated carbocycles. The molecule has 3 rings (SSSR count). The number of para-hydroxylation sites is 1. The van der Waals surface area contributed by atoms with Gasteiger partial charge in [-0.15, -0.1) is 4.68 Å². The average Bonchev–Trinajstić information content (AvgIpc) is 2.72. The molecule has 13 heavy (non-hydrogen) atoms. The van der Waals surface area contributed by atoms with Crippen molar-refractivity contribution >= 4 is 10.9 Å². The number of aromatic nitrogens is 2. The van der Waals surface area contributed by atoms with Gasteiger partial charge in [-0.25, -0.2) is 0 Å².